The second-order valence-corrected chi connectivity index (χ2v) is 5.47. The van der Waals surface area contributed by atoms with Gasteiger partial charge in [-0.1, -0.05) is 0 Å². The maximum Gasteiger partial charge on any atom is 0.122 e. The molecule has 2 aromatic heterocycles. The Labute approximate surface area is 125 Å². The summed E-state index contributed by atoms with van der Waals surface area (Å²) in [5.41, 5.74) is 1.37. The average molecular weight is 283 g/mol. The third-order valence-electron chi connectivity index (χ3n) is 3.87. The normalized spacial score (nSPS) is 18.8. The molecule has 0 aromatic carbocycles. The second kappa shape index (κ2) is 7.18. The minimum atomic E-state index is 0.313. The summed E-state index contributed by atoms with van der Waals surface area (Å²) >= 11 is 0. The molecule has 0 radical (unpaired) electrons. The molecule has 2 aromatic rings. The number of hydrogen-bond acceptors (Lipinski definition) is 4. The van der Waals surface area contributed by atoms with Crippen LogP contribution in [-0.2, 0) is 6.42 Å². The van der Waals surface area contributed by atoms with E-state index in [4.69, 9.17) is 4.74 Å². The standard InChI is InChI=1S/C17H21N3O/c1(2-15-3-8-18-9-4-15)12-20-13-7-17(14-20)21-16-5-10-19-11-6-16/h3-6,8-11,17H,1-2,7,12-14H2. The van der Waals surface area contributed by atoms with Crippen LogP contribution in [-0.4, -0.2) is 40.6 Å². The largest absolute Gasteiger partial charge is 0.489 e. The van der Waals surface area contributed by atoms with Crippen LogP contribution in [0.1, 0.15) is 18.4 Å². The first-order valence-corrected chi connectivity index (χ1v) is 7.58. The molecule has 1 fully saturated rings. The molecule has 0 amide bonds. The van der Waals surface area contributed by atoms with Gasteiger partial charge in [-0.25, -0.2) is 0 Å². The van der Waals surface area contributed by atoms with Crippen LogP contribution in [0.5, 0.6) is 5.75 Å². The molecule has 110 valence electrons. The van der Waals surface area contributed by atoms with E-state index >= 15 is 0 Å². The second-order valence-electron chi connectivity index (χ2n) is 5.47. The number of ether oxygens (including phenoxy) is 1. The first kappa shape index (κ1) is 14.0. The van der Waals surface area contributed by atoms with Gasteiger partial charge in [0.2, 0.25) is 0 Å². The summed E-state index contributed by atoms with van der Waals surface area (Å²) in [5, 5.41) is 0. The zero-order valence-corrected chi connectivity index (χ0v) is 12.2. The van der Waals surface area contributed by atoms with Gasteiger partial charge >= 0.3 is 0 Å². The predicted octanol–water partition coefficient (Wildman–Crippen LogP) is 2.56. The molecule has 1 saturated heterocycles. The molecule has 4 nitrogen and oxygen atoms in total. The van der Waals surface area contributed by atoms with Crippen LogP contribution in [0.2, 0.25) is 0 Å². The lowest BCUT2D eigenvalue weighted by Crippen LogP contribution is -2.26. The maximum atomic E-state index is 5.98. The van der Waals surface area contributed by atoms with Crippen molar-refractivity contribution in [1.82, 2.24) is 14.9 Å². The van der Waals surface area contributed by atoms with E-state index in [0.29, 0.717) is 6.10 Å². The SMILES string of the molecule is c1cc(CCCN2CCC(Oc3ccncc3)C2)ccn1. The molecular weight excluding hydrogens is 262 g/mol. The van der Waals surface area contributed by atoms with E-state index < -0.39 is 0 Å². The number of aromatic nitrogens is 2. The van der Waals surface area contributed by atoms with Crippen molar-refractivity contribution in [1.29, 1.82) is 0 Å². The van der Waals surface area contributed by atoms with Crippen LogP contribution in [0, 0.1) is 0 Å². The highest BCUT2D eigenvalue weighted by Gasteiger charge is 2.23. The Morgan fingerprint density at radius 3 is 2.52 bits per heavy atom. The molecule has 1 unspecified atom stereocenters. The first-order valence-electron chi connectivity index (χ1n) is 7.58. The molecule has 0 spiro atoms. The number of likely N-dealkylation sites (tertiary alicyclic amines) is 1. The Morgan fingerprint density at radius 1 is 1.05 bits per heavy atom. The first-order chi connectivity index (χ1) is 10.4. The van der Waals surface area contributed by atoms with Crippen molar-refractivity contribution in [3.8, 4) is 5.75 Å². The zero-order chi connectivity index (χ0) is 14.3. The van der Waals surface area contributed by atoms with Crippen LogP contribution >= 0.6 is 0 Å². The van der Waals surface area contributed by atoms with Crippen LogP contribution in [0.4, 0.5) is 0 Å². The lowest BCUT2D eigenvalue weighted by atomic mass is 10.1. The molecule has 0 N–H and O–H groups in total. The summed E-state index contributed by atoms with van der Waals surface area (Å²) in [5.74, 6) is 0.925. The topological polar surface area (TPSA) is 38.2 Å². The van der Waals surface area contributed by atoms with E-state index in [2.05, 4.69) is 27.0 Å². The van der Waals surface area contributed by atoms with Gasteiger partial charge in [-0.05, 0) is 55.6 Å². The number of rotatable bonds is 6. The molecule has 3 heterocycles. The minimum absolute atomic E-state index is 0.313. The third kappa shape index (κ3) is 4.26. The van der Waals surface area contributed by atoms with Gasteiger partial charge in [0, 0.05) is 37.9 Å². The van der Waals surface area contributed by atoms with Gasteiger partial charge in [0.1, 0.15) is 11.9 Å². The minimum Gasteiger partial charge on any atom is -0.489 e. The molecule has 1 aliphatic rings. The van der Waals surface area contributed by atoms with Gasteiger partial charge in [-0.15, -0.1) is 0 Å². The number of aryl methyl sites for hydroxylation is 1. The number of hydrogen-bond donors (Lipinski definition) is 0. The fraction of sp³-hybridized carbons (Fsp3) is 0.412. The Kier molecular flexibility index (Phi) is 4.79. The van der Waals surface area contributed by atoms with Crippen molar-refractivity contribution in [2.75, 3.05) is 19.6 Å². The fourth-order valence-corrected chi connectivity index (χ4v) is 2.76. The van der Waals surface area contributed by atoms with Crippen molar-refractivity contribution >= 4 is 0 Å². The van der Waals surface area contributed by atoms with E-state index in [1.165, 1.54) is 12.0 Å². The highest BCUT2D eigenvalue weighted by molar-refractivity contribution is 5.17. The molecule has 0 saturated carbocycles. The van der Waals surface area contributed by atoms with Crippen LogP contribution in [0.25, 0.3) is 0 Å². The van der Waals surface area contributed by atoms with Crippen molar-refractivity contribution in [2.24, 2.45) is 0 Å². The lowest BCUT2D eigenvalue weighted by molar-refractivity contribution is 0.199. The molecule has 1 aliphatic heterocycles. The highest BCUT2D eigenvalue weighted by Crippen LogP contribution is 2.17. The van der Waals surface area contributed by atoms with Crippen molar-refractivity contribution in [3.05, 3.63) is 54.6 Å². The summed E-state index contributed by atoms with van der Waals surface area (Å²) in [7, 11) is 0. The van der Waals surface area contributed by atoms with Crippen molar-refractivity contribution in [2.45, 2.75) is 25.4 Å². The van der Waals surface area contributed by atoms with Crippen LogP contribution in [0.15, 0.2) is 49.1 Å². The molecule has 21 heavy (non-hydrogen) atoms. The molecule has 0 bridgehead atoms. The van der Waals surface area contributed by atoms with Crippen molar-refractivity contribution in [3.63, 3.8) is 0 Å². The molecule has 4 heteroatoms. The van der Waals surface area contributed by atoms with E-state index in [-0.39, 0.29) is 0 Å². The monoisotopic (exact) mass is 283 g/mol. The molecule has 0 aliphatic carbocycles. The predicted molar refractivity (Wildman–Crippen MR) is 82.3 cm³/mol. The van der Waals surface area contributed by atoms with E-state index in [1.807, 2.05) is 24.5 Å². The summed E-state index contributed by atoms with van der Waals surface area (Å²) in [4.78, 5) is 10.6. The Balaban J connectivity index is 1.39. The van der Waals surface area contributed by atoms with Crippen LogP contribution < -0.4 is 4.74 Å². The average Bonchev–Trinajstić information content (AvgIpc) is 2.97. The third-order valence-corrected chi connectivity index (χ3v) is 3.87. The number of pyridine rings is 2. The Hall–Kier alpha value is -1.94. The summed E-state index contributed by atoms with van der Waals surface area (Å²) in [6.07, 6.45) is 11.0. The lowest BCUT2D eigenvalue weighted by Gasteiger charge is -2.16. The van der Waals surface area contributed by atoms with Gasteiger partial charge in [-0.3, -0.25) is 14.9 Å². The smallest absolute Gasteiger partial charge is 0.122 e. The molecule has 3 rings (SSSR count). The number of nitrogens with zero attached hydrogens (tertiary/aromatic N) is 3. The van der Waals surface area contributed by atoms with Gasteiger partial charge in [0.15, 0.2) is 0 Å². The summed E-state index contributed by atoms with van der Waals surface area (Å²) < 4.78 is 5.98. The quantitative estimate of drug-likeness (QED) is 0.816. The Morgan fingerprint density at radius 2 is 1.76 bits per heavy atom. The maximum absolute atomic E-state index is 5.98. The molecule has 1 atom stereocenters. The fourth-order valence-electron chi connectivity index (χ4n) is 2.76. The van der Waals surface area contributed by atoms with Gasteiger partial charge < -0.3 is 4.74 Å². The van der Waals surface area contributed by atoms with Gasteiger partial charge in [-0.2, -0.15) is 0 Å². The summed E-state index contributed by atoms with van der Waals surface area (Å²) in [6.45, 7) is 3.29. The van der Waals surface area contributed by atoms with Crippen molar-refractivity contribution < 1.29 is 4.74 Å². The van der Waals surface area contributed by atoms with Gasteiger partial charge in [0.05, 0.1) is 0 Å². The van der Waals surface area contributed by atoms with Gasteiger partial charge in [0.25, 0.3) is 0 Å². The van der Waals surface area contributed by atoms with E-state index in [1.54, 1.807) is 12.4 Å². The highest BCUT2D eigenvalue weighted by atomic mass is 16.5. The Bertz CT molecular complexity index is 532. The zero-order valence-electron chi connectivity index (χ0n) is 12.2. The van der Waals surface area contributed by atoms with Crippen LogP contribution in [0.3, 0.4) is 0 Å². The van der Waals surface area contributed by atoms with E-state index in [9.17, 15) is 0 Å². The molecular formula is C17H21N3O. The van der Waals surface area contributed by atoms with E-state index in [0.717, 1.165) is 38.2 Å². The summed E-state index contributed by atoms with van der Waals surface area (Å²) in [6, 6.07) is 8.04.